The fourth-order valence-electron chi connectivity index (χ4n) is 1.70. The first kappa shape index (κ1) is 10.5. The van der Waals surface area contributed by atoms with E-state index in [-0.39, 0.29) is 12.0 Å². The van der Waals surface area contributed by atoms with Crippen molar-refractivity contribution in [2.45, 2.75) is 45.2 Å². The Morgan fingerprint density at radius 3 is 2.77 bits per heavy atom. The highest BCUT2D eigenvalue weighted by molar-refractivity contribution is 5.80. The van der Waals surface area contributed by atoms with Crippen LogP contribution < -0.4 is 0 Å². The van der Waals surface area contributed by atoms with Crippen LogP contribution in [0.15, 0.2) is 0 Å². The number of hydrogen-bond donors (Lipinski definition) is 1. The Bertz CT molecular complexity index is 207. The third kappa shape index (κ3) is 1.69. The fraction of sp³-hybridized carbons (Fsp3) is 0.889. The molecule has 0 aliphatic carbocycles. The summed E-state index contributed by atoms with van der Waals surface area (Å²) >= 11 is 0. The van der Waals surface area contributed by atoms with Gasteiger partial charge in [-0.3, -0.25) is 0 Å². The smallest absolute Gasteiger partial charge is 0.328 e. The fourth-order valence-corrected chi connectivity index (χ4v) is 1.70. The highest BCUT2D eigenvalue weighted by Crippen LogP contribution is 2.32. The van der Waals surface area contributed by atoms with E-state index in [9.17, 15) is 10.0 Å². The maximum absolute atomic E-state index is 11.5. The maximum Gasteiger partial charge on any atom is 0.328 e. The van der Waals surface area contributed by atoms with Crippen LogP contribution in [-0.2, 0) is 9.53 Å². The van der Waals surface area contributed by atoms with Gasteiger partial charge in [0.2, 0.25) is 0 Å². The summed E-state index contributed by atoms with van der Waals surface area (Å²) in [6, 6.07) is 0.0365. The maximum atomic E-state index is 11.5. The van der Waals surface area contributed by atoms with E-state index < -0.39 is 5.54 Å². The summed E-state index contributed by atoms with van der Waals surface area (Å²) in [6.45, 7) is 5.73. The molecular formula is C9H17NO3. The minimum absolute atomic E-state index is 0.0365. The van der Waals surface area contributed by atoms with Gasteiger partial charge in [-0.05, 0) is 33.6 Å². The van der Waals surface area contributed by atoms with E-state index in [2.05, 4.69) is 0 Å². The van der Waals surface area contributed by atoms with E-state index in [1.54, 1.807) is 13.8 Å². The first-order chi connectivity index (χ1) is 6.02. The van der Waals surface area contributed by atoms with Crippen molar-refractivity contribution in [2.24, 2.45) is 0 Å². The summed E-state index contributed by atoms with van der Waals surface area (Å²) in [4.78, 5) is 11.5. The first-order valence-corrected chi connectivity index (χ1v) is 4.67. The van der Waals surface area contributed by atoms with Crippen LogP contribution in [0.2, 0.25) is 0 Å². The van der Waals surface area contributed by atoms with Crippen LogP contribution in [0, 0.1) is 0 Å². The average molecular weight is 187 g/mol. The molecule has 0 aromatic rings. The standard InChI is InChI=1S/C9H17NO3/c1-4-13-8(11)9(3)6-5-7(2)10(9)12/h7,12H,4-6H2,1-3H3/t7-,9+/m0/s1. The lowest BCUT2D eigenvalue weighted by Gasteiger charge is -2.29. The normalized spacial score (nSPS) is 34.9. The predicted octanol–water partition coefficient (Wildman–Crippen LogP) is 1.18. The zero-order valence-corrected chi connectivity index (χ0v) is 8.41. The Morgan fingerprint density at radius 1 is 1.77 bits per heavy atom. The van der Waals surface area contributed by atoms with Gasteiger partial charge in [0.05, 0.1) is 6.61 Å². The number of carbonyl (C=O) groups is 1. The van der Waals surface area contributed by atoms with Crippen LogP contribution in [0.4, 0.5) is 0 Å². The minimum Gasteiger partial charge on any atom is -0.465 e. The van der Waals surface area contributed by atoms with Gasteiger partial charge < -0.3 is 9.94 Å². The molecule has 1 aliphatic heterocycles. The molecule has 76 valence electrons. The van der Waals surface area contributed by atoms with Crippen LogP contribution >= 0.6 is 0 Å². The monoisotopic (exact) mass is 187 g/mol. The molecular weight excluding hydrogens is 170 g/mol. The van der Waals surface area contributed by atoms with Gasteiger partial charge in [0, 0.05) is 6.04 Å². The van der Waals surface area contributed by atoms with E-state index in [4.69, 9.17) is 4.74 Å². The second-order valence-corrected chi connectivity index (χ2v) is 3.73. The molecule has 4 nitrogen and oxygen atoms in total. The molecule has 2 atom stereocenters. The summed E-state index contributed by atoms with van der Waals surface area (Å²) in [7, 11) is 0. The van der Waals surface area contributed by atoms with E-state index >= 15 is 0 Å². The van der Waals surface area contributed by atoms with Crippen LogP contribution in [-0.4, -0.2) is 34.4 Å². The van der Waals surface area contributed by atoms with Crippen LogP contribution in [0.1, 0.15) is 33.6 Å². The van der Waals surface area contributed by atoms with Gasteiger partial charge in [-0.15, -0.1) is 0 Å². The molecule has 1 heterocycles. The Kier molecular flexibility index (Phi) is 2.93. The second kappa shape index (κ2) is 3.64. The average Bonchev–Trinajstić information content (AvgIpc) is 2.35. The SMILES string of the molecule is CCOC(=O)[C@@]1(C)CC[C@H](C)N1O. The molecule has 0 saturated carbocycles. The van der Waals surface area contributed by atoms with Crippen molar-refractivity contribution in [3.63, 3.8) is 0 Å². The number of hydroxylamine groups is 2. The second-order valence-electron chi connectivity index (χ2n) is 3.73. The molecule has 0 radical (unpaired) electrons. The molecule has 1 fully saturated rings. The molecule has 0 amide bonds. The lowest BCUT2D eigenvalue weighted by atomic mass is 10.0. The van der Waals surface area contributed by atoms with Crippen molar-refractivity contribution in [1.82, 2.24) is 5.06 Å². The van der Waals surface area contributed by atoms with Gasteiger partial charge in [0.15, 0.2) is 0 Å². The van der Waals surface area contributed by atoms with Gasteiger partial charge in [0.1, 0.15) is 5.54 Å². The third-order valence-corrected chi connectivity index (χ3v) is 2.69. The molecule has 1 N–H and O–H groups in total. The van der Waals surface area contributed by atoms with E-state index in [0.29, 0.717) is 13.0 Å². The number of carbonyl (C=O) groups excluding carboxylic acids is 1. The number of ether oxygens (including phenoxy) is 1. The predicted molar refractivity (Wildman–Crippen MR) is 47.4 cm³/mol. The van der Waals surface area contributed by atoms with E-state index in [1.807, 2.05) is 6.92 Å². The highest BCUT2D eigenvalue weighted by Gasteiger charge is 2.47. The van der Waals surface area contributed by atoms with Crippen molar-refractivity contribution in [3.8, 4) is 0 Å². The number of nitrogens with zero attached hydrogens (tertiary/aromatic N) is 1. The summed E-state index contributed by atoms with van der Waals surface area (Å²) in [5.74, 6) is -0.332. The molecule has 0 aromatic carbocycles. The molecule has 0 spiro atoms. The van der Waals surface area contributed by atoms with Gasteiger partial charge >= 0.3 is 5.97 Å². The molecule has 1 saturated heterocycles. The number of hydrogen-bond acceptors (Lipinski definition) is 4. The Morgan fingerprint density at radius 2 is 2.38 bits per heavy atom. The Labute approximate surface area is 78.4 Å². The summed E-state index contributed by atoms with van der Waals surface area (Å²) in [6.07, 6.45) is 1.48. The molecule has 4 heteroatoms. The summed E-state index contributed by atoms with van der Waals surface area (Å²) in [5, 5.41) is 10.8. The van der Waals surface area contributed by atoms with Gasteiger partial charge in [-0.25, -0.2) is 4.79 Å². The topological polar surface area (TPSA) is 49.8 Å². The van der Waals surface area contributed by atoms with Crippen molar-refractivity contribution < 1.29 is 14.7 Å². The van der Waals surface area contributed by atoms with Crippen molar-refractivity contribution in [3.05, 3.63) is 0 Å². The summed E-state index contributed by atoms with van der Waals surface area (Å²) in [5.41, 5.74) is -0.838. The third-order valence-electron chi connectivity index (χ3n) is 2.69. The quantitative estimate of drug-likeness (QED) is 0.659. The zero-order chi connectivity index (χ0) is 10.1. The summed E-state index contributed by atoms with van der Waals surface area (Å²) < 4.78 is 4.91. The molecule has 1 aliphatic rings. The van der Waals surface area contributed by atoms with E-state index in [0.717, 1.165) is 11.5 Å². The first-order valence-electron chi connectivity index (χ1n) is 4.67. The van der Waals surface area contributed by atoms with Crippen molar-refractivity contribution in [2.75, 3.05) is 6.61 Å². The molecule has 0 aromatic heterocycles. The number of rotatable bonds is 2. The van der Waals surface area contributed by atoms with Crippen LogP contribution in [0.25, 0.3) is 0 Å². The Hall–Kier alpha value is -0.610. The van der Waals surface area contributed by atoms with Crippen LogP contribution in [0.3, 0.4) is 0 Å². The van der Waals surface area contributed by atoms with E-state index in [1.165, 1.54) is 0 Å². The lowest BCUT2D eigenvalue weighted by Crippen LogP contribution is -2.49. The number of esters is 1. The largest absolute Gasteiger partial charge is 0.465 e. The van der Waals surface area contributed by atoms with Crippen molar-refractivity contribution >= 4 is 5.97 Å². The molecule has 0 bridgehead atoms. The molecule has 0 unspecified atom stereocenters. The van der Waals surface area contributed by atoms with Crippen molar-refractivity contribution in [1.29, 1.82) is 0 Å². The lowest BCUT2D eigenvalue weighted by molar-refractivity contribution is -0.195. The van der Waals surface area contributed by atoms with Gasteiger partial charge in [-0.1, -0.05) is 0 Å². The zero-order valence-electron chi connectivity index (χ0n) is 8.41. The van der Waals surface area contributed by atoms with Gasteiger partial charge in [0.25, 0.3) is 0 Å². The molecule has 13 heavy (non-hydrogen) atoms. The minimum atomic E-state index is -0.838. The molecule has 1 rings (SSSR count). The highest BCUT2D eigenvalue weighted by atomic mass is 16.6. The Balaban J connectivity index is 2.71. The van der Waals surface area contributed by atoms with Gasteiger partial charge in [-0.2, -0.15) is 5.06 Å². The van der Waals surface area contributed by atoms with Crippen LogP contribution in [0.5, 0.6) is 0 Å².